The number of carbonyl (C=O) groups excluding carboxylic acids is 1. The first kappa shape index (κ1) is 14.6. The number of nitrogens with zero attached hydrogens (tertiary/aromatic N) is 1. The van der Waals surface area contributed by atoms with Crippen molar-refractivity contribution in [2.45, 2.75) is 19.1 Å². The Hall–Kier alpha value is -2.30. The van der Waals surface area contributed by atoms with Crippen LogP contribution in [-0.2, 0) is 19.1 Å². The van der Waals surface area contributed by atoms with Crippen LogP contribution in [-0.4, -0.2) is 17.4 Å². The molecule has 0 aromatic heterocycles. The molecule has 0 spiro atoms. The number of fused-ring (bicyclic) bond motifs is 1. The summed E-state index contributed by atoms with van der Waals surface area (Å²) in [5.41, 5.74) is 1.76. The van der Waals surface area contributed by atoms with E-state index in [0.717, 1.165) is 24.1 Å². The van der Waals surface area contributed by atoms with Crippen molar-refractivity contribution in [1.29, 1.82) is 0 Å². The predicted octanol–water partition coefficient (Wildman–Crippen LogP) is 3.70. The minimum absolute atomic E-state index is 0.243. The van der Waals surface area contributed by atoms with Gasteiger partial charge in [0.2, 0.25) is 0 Å². The molecule has 0 saturated carbocycles. The fraction of sp³-hybridized carbons (Fsp3) is 0.235. The van der Waals surface area contributed by atoms with E-state index < -0.39 is 11.7 Å². The third-order valence-corrected chi connectivity index (χ3v) is 3.81. The zero-order valence-corrected chi connectivity index (χ0v) is 11.7. The first-order chi connectivity index (χ1) is 10.4. The summed E-state index contributed by atoms with van der Waals surface area (Å²) < 4.78 is 37.6. The van der Waals surface area contributed by atoms with Crippen LogP contribution in [0.15, 0.2) is 42.5 Å². The zero-order valence-electron chi connectivity index (χ0n) is 11.7. The normalized spacial score (nSPS) is 14.6. The lowest BCUT2D eigenvalue weighted by molar-refractivity contribution is -0.137. The van der Waals surface area contributed by atoms with Crippen LogP contribution in [0, 0.1) is 6.07 Å². The lowest BCUT2D eigenvalue weighted by Crippen LogP contribution is -2.35. The second kappa shape index (κ2) is 5.48. The Morgan fingerprint density at radius 2 is 1.82 bits per heavy atom. The average Bonchev–Trinajstić information content (AvgIpc) is 2.53. The fourth-order valence-electron chi connectivity index (χ4n) is 2.58. The van der Waals surface area contributed by atoms with Gasteiger partial charge in [-0.15, -0.1) is 0 Å². The topological polar surface area (TPSA) is 20.3 Å². The number of rotatable bonds is 1. The van der Waals surface area contributed by atoms with Crippen molar-refractivity contribution in [2.24, 2.45) is 0 Å². The first-order valence-corrected chi connectivity index (χ1v) is 6.89. The Balaban J connectivity index is 1.78. The number of hydrogen-bond donors (Lipinski definition) is 0. The number of benzene rings is 2. The van der Waals surface area contributed by atoms with E-state index in [1.165, 1.54) is 17.7 Å². The Labute approximate surface area is 126 Å². The Kier molecular flexibility index (Phi) is 3.64. The molecule has 0 bridgehead atoms. The lowest BCUT2D eigenvalue weighted by Gasteiger charge is -2.29. The van der Waals surface area contributed by atoms with Crippen molar-refractivity contribution in [3.05, 3.63) is 70.8 Å². The fourth-order valence-corrected chi connectivity index (χ4v) is 2.58. The third-order valence-electron chi connectivity index (χ3n) is 3.81. The second-order valence-electron chi connectivity index (χ2n) is 5.25. The van der Waals surface area contributed by atoms with E-state index in [-0.39, 0.29) is 11.5 Å². The molecule has 5 heteroatoms. The maximum Gasteiger partial charge on any atom is 0.416 e. The number of alkyl halides is 3. The van der Waals surface area contributed by atoms with Gasteiger partial charge in [-0.2, -0.15) is 13.2 Å². The predicted molar refractivity (Wildman–Crippen MR) is 75.2 cm³/mol. The Morgan fingerprint density at radius 1 is 1.09 bits per heavy atom. The highest BCUT2D eigenvalue weighted by Gasteiger charge is 2.30. The molecule has 1 aliphatic heterocycles. The highest BCUT2D eigenvalue weighted by molar-refractivity contribution is 5.94. The maximum atomic E-state index is 12.5. The first-order valence-electron chi connectivity index (χ1n) is 6.89. The highest BCUT2D eigenvalue weighted by atomic mass is 19.4. The van der Waals surface area contributed by atoms with E-state index in [9.17, 15) is 18.0 Å². The molecule has 113 valence electrons. The number of hydrogen-bond acceptors (Lipinski definition) is 1. The summed E-state index contributed by atoms with van der Waals surface area (Å²) in [4.78, 5) is 14.1. The maximum absolute atomic E-state index is 12.5. The van der Waals surface area contributed by atoms with Gasteiger partial charge in [0.1, 0.15) is 0 Å². The van der Waals surface area contributed by atoms with Gasteiger partial charge in [0.15, 0.2) is 0 Å². The number of carbonyl (C=O) groups is 1. The molecule has 0 fully saturated rings. The summed E-state index contributed by atoms with van der Waals surface area (Å²) in [5.74, 6) is -0.243. The van der Waals surface area contributed by atoms with Crippen molar-refractivity contribution >= 4 is 5.91 Å². The monoisotopic (exact) mass is 304 g/mol. The highest BCUT2D eigenvalue weighted by Crippen LogP contribution is 2.29. The summed E-state index contributed by atoms with van der Waals surface area (Å²) >= 11 is 0. The van der Waals surface area contributed by atoms with E-state index >= 15 is 0 Å². The van der Waals surface area contributed by atoms with Gasteiger partial charge < -0.3 is 4.90 Å². The molecular formula is C17H13F3NO. The van der Waals surface area contributed by atoms with Gasteiger partial charge in [-0.05, 0) is 47.9 Å². The van der Waals surface area contributed by atoms with E-state index in [1.54, 1.807) is 11.0 Å². The van der Waals surface area contributed by atoms with E-state index in [2.05, 4.69) is 6.07 Å². The molecule has 0 atom stereocenters. The van der Waals surface area contributed by atoms with Gasteiger partial charge in [-0.1, -0.05) is 18.2 Å². The standard InChI is InChI=1S/C17H13F3NO/c18-17(19,20)15-7-5-13(6-8-15)16(22)21-10-9-12-3-1-2-4-14(12)11-21/h2-8H,9-11H2. The van der Waals surface area contributed by atoms with Gasteiger partial charge in [0.25, 0.3) is 5.91 Å². The van der Waals surface area contributed by atoms with Crippen molar-refractivity contribution in [3.63, 3.8) is 0 Å². The van der Waals surface area contributed by atoms with Crippen LogP contribution in [0.1, 0.15) is 27.0 Å². The molecule has 0 N–H and O–H groups in total. The molecule has 0 aliphatic carbocycles. The molecule has 1 aliphatic rings. The van der Waals surface area contributed by atoms with Crippen LogP contribution in [0.5, 0.6) is 0 Å². The minimum atomic E-state index is -4.39. The zero-order chi connectivity index (χ0) is 15.7. The second-order valence-corrected chi connectivity index (χ2v) is 5.25. The number of amides is 1. The van der Waals surface area contributed by atoms with Gasteiger partial charge >= 0.3 is 6.18 Å². The lowest BCUT2D eigenvalue weighted by atomic mass is 9.99. The van der Waals surface area contributed by atoms with Gasteiger partial charge in [0.05, 0.1) is 5.56 Å². The van der Waals surface area contributed by atoms with Crippen LogP contribution in [0.25, 0.3) is 0 Å². The van der Waals surface area contributed by atoms with E-state index in [1.807, 2.05) is 12.1 Å². The molecule has 1 amide bonds. The van der Waals surface area contributed by atoms with Crippen molar-refractivity contribution in [2.75, 3.05) is 6.54 Å². The molecule has 0 saturated heterocycles. The molecule has 3 rings (SSSR count). The van der Waals surface area contributed by atoms with Crippen molar-refractivity contribution in [1.82, 2.24) is 4.90 Å². The van der Waals surface area contributed by atoms with Gasteiger partial charge in [0, 0.05) is 18.7 Å². The Morgan fingerprint density at radius 3 is 2.50 bits per heavy atom. The van der Waals surface area contributed by atoms with Gasteiger partial charge in [-0.25, -0.2) is 0 Å². The molecule has 1 heterocycles. The quantitative estimate of drug-likeness (QED) is 0.786. The molecular weight excluding hydrogens is 291 g/mol. The summed E-state index contributed by atoms with van der Waals surface area (Å²) in [6.45, 7) is 1.04. The smallest absolute Gasteiger partial charge is 0.334 e. The van der Waals surface area contributed by atoms with Crippen LogP contribution in [0.2, 0.25) is 0 Å². The van der Waals surface area contributed by atoms with Crippen LogP contribution < -0.4 is 0 Å². The average molecular weight is 304 g/mol. The summed E-state index contributed by atoms with van der Waals surface area (Å²) in [7, 11) is 0. The molecule has 2 aromatic carbocycles. The van der Waals surface area contributed by atoms with E-state index in [4.69, 9.17) is 0 Å². The van der Waals surface area contributed by atoms with Crippen LogP contribution >= 0.6 is 0 Å². The van der Waals surface area contributed by atoms with E-state index in [0.29, 0.717) is 13.1 Å². The Bertz CT molecular complexity index is 692. The molecule has 22 heavy (non-hydrogen) atoms. The summed E-state index contributed by atoms with van der Waals surface area (Å²) in [6.07, 6.45) is -3.65. The SMILES string of the molecule is O=C(c1ccc(C(F)(F)F)cc1)N1CCc2c[c]ccc2C1. The molecule has 2 aromatic rings. The van der Waals surface area contributed by atoms with Crippen molar-refractivity contribution < 1.29 is 18.0 Å². The van der Waals surface area contributed by atoms with Crippen LogP contribution in [0.4, 0.5) is 13.2 Å². The summed E-state index contributed by atoms with van der Waals surface area (Å²) in [5, 5.41) is 0. The van der Waals surface area contributed by atoms with Crippen molar-refractivity contribution in [3.8, 4) is 0 Å². The third kappa shape index (κ3) is 2.84. The van der Waals surface area contributed by atoms with Gasteiger partial charge in [-0.3, -0.25) is 4.79 Å². The molecule has 0 unspecified atom stereocenters. The minimum Gasteiger partial charge on any atom is -0.334 e. The number of halogens is 3. The van der Waals surface area contributed by atoms with Crippen LogP contribution in [0.3, 0.4) is 0 Å². The summed E-state index contributed by atoms with van der Waals surface area (Å²) in [6, 6.07) is 13.0. The largest absolute Gasteiger partial charge is 0.416 e. The molecule has 1 radical (unpaired) electrons. The molecule has 2 nitrogen and oxygen atoms in total.